The number of aliphatic hydroxyl groups excluding tert-OH is 1. The minimum atomic E-state index is -2.93. The van der Waals surface area contributed by atoms with Crippen LogP contribution in [0.5, 0.6) is 0 Å². The Balaban J connectivity index is 2.35. The third-order valence-corrected chi connectivity index (χ3v) is 5.43. The normalized spacial score (nSPS) is 22.2. The lowest BCUT2D eigenvalue weighted by Gasteiger charge is -2.34. The topological polar surface area (TPSA) is 70.5 Å². The van der Waals surface area contributed by atoms with E-state index in [0.717, 1.165) is 17.1 Å². The van der Waals surface area contributed by atoms with Gasteiger partial charge in [-0.3, -0.25) is 0 Å². The fourth-order valence-electron chi connectivity index (χ4n) is 2.47. The third-order valence-electron chi connectivity index (χ3n) is 3.63. The van der Waals surface area contributed by atoms with Crippen LogP contribution in [-0.2, 0) is 16.4 Å². The zero-order valence-electron chi connectivity index (χ0n) is 12.2. The summed E-state index contributed by atoms with van der Waals surface area (Å²) >= 11 is 0. The van der Waals surface area contributed by atoms with Crippen molar-refractivity contribution in [2.24, 2.45) is 0 Å². The molecule has 0 amide bonds. The second-order valence-corrected chi connectivity index (χ2v) is 7.96. The first-order valence-corrected chi connectivity index (χ1v) is 8.73. The number of aliphatic hydroxyl groups is 1. The lowest BCUT2D eigenvalue weighted by molar-refractivity contribution is 0.281. The number of hydrogen-bond donors (Lipinski definition) is 1. The van der Waals surface area contributed by atoms with Crippen LogP contribution >= 0.6 is 0 Å². The molecular formula is C14H22N2O3S. The summed E-state index contributed by atoms with van der Waals surface area (Å²) in [6, 6.07) is 3.66. The Morgan fingerprint density at radius 3 is 2.70 bits per heavy atom. The van der Waals surface area contributed by atoms with Crippen molar-refractivity contribution in [3.63, 3.8) is 0 Å². The quantitative estimate of drug-likeness (QED) is 0.911. The van der Waals surface area contributed by atoms with Gasteiger partial charge in [0.2, 0.25) is 0 Å². The van der Waals surface area contributed by atoms with Gasteiger partial charge in [0.15, 0.2) is 9.84 Å². The maximum atomic E-state index is 11.6. The van der Waals surface area contributed by atoms with Crippen molar-refractivity contribution in [2.75, 3.05) is 23.0 Å². The van der Waals surface area contributed by atoms with Gasteiger partial charge in [-0.25, -0.2) is 13.4 Å². The highest BCUT2D eigenvalue weighted by Gasteiger charge is 2.29. The molecule has 2 rings (SSSR count). The predicted octanol–water partition coefficient (Wildman–Crippen LogP) is 1.32. The molecule has 1 N–H and O–H groups in total. The molecule has 1 fully saturated rings. The van der Waals surface area contributed by atoms with Gasteiger partial charge in [-0.1, -0.05) is 13.8 Å². The van der Waals surface area contributed by atoms with Crippen molar-refractivity contribution in [1.29, 1.82) is 0 Å². The molecule has 0 aromatic carbocycles. The molecule has 1 aliphatic heterocycles. The third kappa shape index (κ3) is 3.30. The van der Waals surface area contributed by atoms with Crippen LogP contribution in [0.25, 0.3) is 0 Å². The molecule has 1 saturated heterocycles. The number of hydrogen-bond acceptors (Lipinski definition) is 5. The van der Waals surface area contributed by atoms with Gasteiger partial charge in [0.05, 0.1) is 18.1 Å². The van der Waals surface area contributed by atoms with Crippen LogP contribution in [0.3, 0.4) is 0 Å². The summed E-state index contributed by atoms with van der Waals surface area (Å²) in [7, 11) is -2.93. The maximum Gasteiger partial charge on any atom is 0.154 e. The molecule has 0 bridgehead atoms. The first-order chi connectivity index (χ1) is 9.32. The fourth-order valence-corrected chi connectivity index (χ4v) is 4.02. The standard InChI is InChI=1S/C14H22N2O3S/c1-10(2)13-6-12(8-17)7-14(15-13)16-4-5-20(18,19)9-11(16)3/h6-7,10-11,17H,4-5,8-9H2,1-3H3. The summed E-state index contributed by atoms with van der Waals surface area (Å²) < 4.78 is 23.3. The minimum Gasteiger partial charge on any atom is -0.392 e. The van der Waals surface area contributed by atoms with E-state index in [2.05, 4.69) is 18.8 Å². The smallest absolute Gasteiger partial charge is 0.154 e. The number of anilines is 1. The van der Waals surface area contributed by atoms with Gasteiger partial charge in [0, 0.05) is 18.3 Å². The molecule has 0 radical (unpaired) electrons. The van der Waals surface area contributed by atoms with Gasteiger partial charge >= 0.3 is 0 Å². The highest BCUT2D eigenvalue weighted by Crippen LogP contribution is 2.24. The van der Waals surface area contributed by atoms with Gasteiger partial charge in [-0.05, 0) is 30.5 Å². The largest absolute Gasteiger partial charge is 0.392 e. The Morgan fingerprint density at radius 1 is 1.45 bits per heavy atom. The average molecular weight is 298 g/mol. The zero-order valence-corrected chi connectivity index (χ0v) is 13.0. The molecule has 6 heteroatoms. The number of pyridine rings is 1. The van der Waals surface area contributed by atoms with Gasteiger partial charge in [0.25, 0.3) is 0 Å². The SMILES string of the molecule is CC(C)c1cc(CO)cc(N2CCS(=O)(=O)CC2C)n1. The number of sulfone groups is 1. The lowest BCUT2D eigenvalue weighted by atomic mass is 10.1. The van der Waals surface area contributed by atoms with Crippen molar-refractivity contribution in [3.8, 4) is 0 Å². The van der Waals surface area contributed by atoms with Crippen LogP contribution in [0.1, 0.15) is 37.9 Å². The first kappa shape index (κ1) is 15.3. The van der Waals surface area contributed by atoms with Crippen molar-refractivity contribution in [1.82, 2.24) is 4.98 Å². The van der Waals surface area contributed by atoms with Crippen LogP contribution in [0.2, 0.25) is 0 Å². The molecule has 0 spiro atoms. The minimum absolute atomic E-state index is 0.0320. The van der Waals surface area contributed by atoms with Crippen LogP contribution in [-0.4, -0.2) is 42.6 Å². The molecule has 1 aliphatic rings. The summed E-state index contributed by atoms with van der Waals surface area (Å²) in [6.45, 7) is 6.44. The molecule has 20 heavy (non-hydrogen) atoms. The molecule has 2 heterocycles. The van der Waals surface area contributed by atoms with E-state index in [1.54, 1.807) is 0 Å². The molecule has 1 aromatic heterocycles. The molecule has 1 aromatic rings. The van der Waals surface area contributed by atoms with Gasteiger partial charge in [-0.15, -0.1) is 0 Å². The van der Waals surface area contributed by atoms with Gasteiger partial charge < -0.3 is 10.0 Å². The Bertz CT molecular complexity index is 584. The first-order valence-electron chi connectivity index (χ1n) is 6.91. The second kappa shape index (κ2) is 5.69. The highest BCUT2D eigenvalue weighted by molar-refractivity contribution is 7.91. The Kier molecular flexibility index (Phi) is 4.34. The van der Waals surface area contributed by atoms with Gasteiger partial charge in [0.1, 0.15) is 5.82 Å². The van der Waals surface area contributed by atoms with Crippen LogP contribution in [0.15, 0.2) is 12.1 Å². The second-order valence-electron chi connectivity index (χ2n) is 5.73. The number of aromatic nitrogens is 1. The average Bonchev–Trinajstić information content (AvgIpc) is 2.37. The summed E-state index contributed by atoms with van der Waals surface area (Å²) in [5.74, 6) is 1.36. The number of nitrogens with zero attached hydrogens (tertiary/aromatic N) is 2. The summed E-state index contributed by atoms with van der Waals surface area (Å²) in [4.78, 5) is 6.64. The van der Waals surface area contributed by atoms with Crippen molar-refractivity contribution in [3.05, 3.63) is 23.4 Å². The fraction of sp³-hybridized carbons (Fsp3) is 0.643. The van der Waals surface area contributed by atoms with Crippen molar-refractivity contribution in [2.45, 2.75) is 39.3 Å². The summed E-state index contributed by atoms with van der Waals surface area (Å²) in [6.07, 6.45) is 0. The molecule has 5 nitrogen and oxygen atoms in total. The maximum absolute atomic E-state index is 11.6. The molecule has 1 atom stereocenters. The van der Waals surface area contributed by atoms with E-state index in [-0.39, 0.29) is 30.1 Å². The summed E-state index contributed by atoms with van der Waals surface area (Å²) in [5.41, 5.74) is 1.74. The van der Waals surface area contributed by atoms with E-state index in [9.17, 15) is 13.5 Å². The highest BCUT2D eigenvalue weighted by atomic mass is 32.2. The van der Waals surface area contributed by atoms with Crippen LogP contribution in [0, 0.1) is 0 Å². The van der Waals surface area contributed by atoms with E-state index >= 15 is 0 Å². The predicted molar refractivity (Wildman–Crippen MR) is 79.7 cm³/mol. The van der Waals surface area contributed by atoms with E-state index in [0.29, 0.717) is 6.54 Å². The monoisotopic (exact) mass is 298 g/mol. The van der Waals surface area contributed by atoms with E-state index in [1.807, 2.05) is 24.0 Å². The molecular weight excluding hydrogens is 276 g/mol. The van der Waals surface area contributed by atoms with Crippen molar-refractivity contribution < 1.29 is 13.5 Å². The van der Waals surface area contributed by atoms with E-state index in [1.165, 1.54) is 0 Å². The Hall–Kier alpha value is -1.14. The summed E-state index contributed by atoms with van der Waals surface area (Å²) in [5, 5.41) is 9.37. The molecule has 0 saturated carbocycles. The molecule has 0 aliphatic carbocycles. The Labute approximate surface area is 120 Å². The van der Waals surface area contributed by atoms with E-state index in [4.69, 9.17) is 0 Å². The lowest BCUT2D eigenvalue weighted by Crippen LogP contribution is -2.47. The van der Waals surface area contributed by atoms with Crippen LogP contribution < -0.4 is 4.90 Å². The Morgan fingerprint density at radius 2 is 2.15 bits per heavy atom. The number of rotatable bonds is 3. The zero-order chi connectivity index (χ0) is 14.9. The van der Waals surface area contributed by atoms with E-state index < -0.39 is 9.84 Å². The van der Waals surface area contributed by atoms with Crippen molar-refractivity contribution >= 4 is 15.7 Å². The van der Waals surface area contributed by atoms with Gasteiger partial charge in [-0.2, -0.15) is 0 Å². The molecule has 112 valence electrons. The van der Waals surface area contributed by atoms with Crippen LogP contribution in [0.4, 0.5) is 5.82 Å². The molecule has 1 unspecified atom stereocenters.